The number of methoxy groups -OCH3 is 1. The average molecular weight is 592 g/mol. The van der Waals surface area contributed by atoms with Gasteiger partial charge in [-0.3, -0.25) is 14.2 Å². The molecule has 41 heavy (non-hydrogen) atoms. The number of hydrogen-bond acceptors (Lipinski definition) is 6. The van der Waals surface area contributed by atoms with E-state index in [1.807, 2.05) is 19.1 Å². The number of ketones is 1. The lowest BCUT2D eigenvalue weighted by Crippen LogP contribution is -2.23. The largest absolute Gasteiger partial charge is 0.513 e. The number of rotatable bonds is 10. The topological polar surface area (TPSA) is 83.8 Å². The van der Waals surface area contributed by atoms with Crippen molar-refractivity contribution >= 4 is 48.4 Å². The van der Waals surface area contributed by atoms with Crippen molar-refractivity contribution in [3.63, 3.8) is 0 Å². The molecule has 0 fully saturated rings. The van der Waals surface area contributed by atoms with E-state index >= 15 is 0 Å². The van der Waals surface area contributed by atoms with Crippen molar-refractivity contribution in [2.45, 2.75) is 45.5 Å². The van der Waals surface area contributed by atoms with Gasteiger partial charge >= 0.3 is 6.16 Å². The molecule has 214 valence electrons. The molecule has 0 unspecified atom stereocenters. The van der Waals surface area contributed by atoms with E-state index in [2.05, 4.69) is 19.6 Å². The van der Waals surface area contributed by atoms with Crippen molar-refractivity contribution < 1.29 is 28.6 Å². The predicted molar refractivity (Wildman–Crippen MR) is 163 cm³/mol. The summed E-state index contributed by atoms with van der Waals surface area (Å²) in [5.74, 6) is 0.763. The molecule has 1 heterocycles. The summed E-state index contributed by atoms with van der Waals surface area (Å²) >= 11 is 6.02. The minimum atomic E-state index is -1.31. The fraction of sp³-hybridized carbons (Fsp3) is 0.281. The van der Waals surface area contributed by atoms with Gasteiger partial charge in [-0.05, 0) is 78.7 Å². The zero-order chi connectivity index (χ0) is 29.7. The first-order chi connectivity index (χ1) is 19.4. The van der Waals surface area contributed by atoms with Crippen molar-refractivity contribution in [1.29, 1.82) is 0 Å². The van der Waals surface area contributed by atoms with Gasteiger partial charge in [0.1, 0.15) is 17.3 Å². The summed E-state index contributed by atoms with van der Waals surface area (Å²) in [5.41, 5.74) is 3.44. The Morgan fingerprint density at radius 3 is 2.17 bits per heavy atom. The highest BCUT2D eigenvalue weighted by molar-refractivity contribution is 6.76. The summed E-state index contributed by atoms with van der Waals surface area (Å²) in [6, 6.07) is 19.9. The molecule has 9 heteroatoms. The van der Waals surface area contributed by atoms with Crippen LogP contribution in [0.4, 0.5) is 4.79 Å². The molecule has 0 bridgehead atoms. The van der Waals surface area contributed by atoms with Crippen molar-refractivity contribution in [1.82, 2.24) is 4.57 Å². The maximum Gasteiger partial charge on any atom is 0.513 e. The van der Waals surface area contributed by atoms with Crippen LogP contribution < -0.4 is 9.47 Å². The summed E-state index contributed by atoms with van der Waals surface area (Å²) < 4.78 is 17.5. The van der Waals surface area contributed by atoms with Gasteiger partial charge in [-0.15, -0.1) is 0 Å². The van der Waals surface area contributed by atoms with Crippen LogP contribution in [0.2, 0.25) is 30.7 Å². The second-order valence-corrected chi connectivity index (χ2v) is 17.2. The Morgan fingerprint density at radius 2 is 1.54 bits per heavy atom. The van der Waals surface area contributed by atoms with E-state index in [0.717, 1.165) is 22.6 Å². The van der Waals surface area contributed by atoms with Crippen molar-refractivity contribution in [3.05, 3.63) is 94.1 Å². The maximum absolute atomic E-state index is 13.5. The quantitative estimate of drug-likeness (QED) is 0.108. The molecule has 0 atom stereocenters. The summed E-state index contributed by atoms with van der Waals surface area (Å²) in [6.07, 6.45) is -0.414. The van der Waals surface area contributed by atoms with E-state index in [4.69, 9.17) is 25.8 Å². The predicted octanol–water partition coefficient (Wildman–Crippen LogP) is 7.51. The first-order valence-corrected chi connectivity index (χ1v) is 17.5. The van der Waals surface area contributed by atoms with Crippen LogP contribution in [-0.2, 0) is 22.4 Å². The van der Waals surface area contributed by atoms with Crippen molar-refractivity contribution in [2.24, 2.45) is 0 Å². The van der Waals surface area contributed by atoms with E-state index in [0.29, 0.717) is 39.9 Å². The van der Waals surface area contributed by atoms with Gasteiger partial charge in [-0.1, -0.05) is 43.4 Å². The number of hydrogen-bond donors (Lipinski definition) is 0. The molecule has 0 saturated heterocycles. The number of benzene rings is 3. The molecule has 0 N–H and O–H groups in total. The molecule has 0 aliphatic carbocycles. The molecule has 0 spiro atoms. The van der Waals surface area contributed by atoms with E-state index in [9.17, 15) is 14.4 Å². The standard InChI is InChI=1S/C32H34ClNO6Si/c1-21-28(19-25(35)18-22-6-12-26(13-7-22)40-32(37)39-16-17-41(3,4)5)29-20-27(38-2)14-15-30(29)34(21)31(36)23-8-10-24(33)11-9-23/h6-15,20H,16-19H2,1-5H3. The normalized spacial score (nSPS) is 11.4. The van der Waals surface area contributed by atoms with Crippen LogP contribution in [0.25, 0.3) is 10.9 Å². The van der Waals surface area contributed by atoms with Gasteiger partial charge in [0.05, 0.1) is 19.2 Å². The Labute approximate surface area is 246 Å². The first kappa shape index (κ1) is 30.1. The second kappa shape index (κ2) is 12.7. The number of carbonyl (C=O) groups is 3. The molecule has 0 radical (unpaired) electrons. The van der Waals surface area contributed by atoms with Crippen LogP contribution >= 0.6 is 11.6 Å². The zero-order valence-electron chi connectivity index (χ0n) is 24.0. The Bertz CT molecular complexity index is 1570. The highest BCUT2D eigenvalue weighted by atomic mass is 35.5. The third-order valence-corrected chi connectivity index (χ3v) is 8.76. The van der Waals surface area contributed by atoms with Crippen LogP contribution in [0, 0.1) is 6.92 Å². The minimum Gasteiger partial charge on any atom is -0.497 e. The van der Waals surface area contributed by atoms with Crippen LogP contribution in [0.5, 0.6) is 11.5 Å². The first-order valence-electron chi connectivity index (χ1n) is 13.4. The lowest BCUT2D eigenvalue weighted by molar-refractivity contribution is -0.117. The Kier molecular flexibility index (Phi) is 9.35. The fourth-order valence-corrected chi connectivity index (χ4v) is 5.37. The second-order valence-electron chi connectivity index (χ2n) is 11.1. The van der Waals surface area contributed by atoms with Crippen LogP contribution in [0.1, 0.15) is 27.2 Å². The van der Waals surface area contributed by atoms with Gasteiger partial charge in [0.25, 0.3) is 5.91 Å². The van der Waals surface area contributed by atoms with Gasteiger partial charge in [0.15, 0.2) is 0 Å². The third-order valence-electron chi connectivity index (χ3n) is 6.81. The number of ether oxygens (including phenoxy) is 3. The average Bonchev–Trinajstić information content (AvgIpc) is 3.19. The molecule has 7 nitrogen and oxygen atoms in total. The summed E-state index contributed by atoms with van der Waals surface area (Å²) in [5, 5.41) is 1.33. The number of Topliss-reactive ketones (excluding diaryl/α,β-unsaturated/α-hetero) is 1. The van der Waals surface area contributed by atoms with Gasteiger partial charge in [0.2, 0.25) is 0 Å². The SMILES string of the molecule is COc1ccc2c(c1)c(CC(=O)Cc1ccc(OC(=O)OCC[Si](C)(C)C)cc1)c(C)n2C(=O)c1ccc(Cl)cc1. The third kappa shape index (κ3) is 7.65. The number of nitrogens with zero attached hydrogens (tertiary/aromatic N) is 1. The summed E-state index contributed by atoms with van der Waals surface area (Å²) in [4.78, 5) is 38.7. The van der Waals surface area contributed by atoms with Gasteiger partial charge in [-0.25, -0.2) is 4.79 Å². The van der Waals surface area contributed by atoms with E-state index in [1.54, 1.807) is 66.3 Å². The molecule has 4 rings (SSSR count). The lowest BCUT2D eigenvalue weighted by Gasteiger charge is -2.15. The minimum absolute atomic E-state index is 0.0201. The molecule has 1 aromatic heterocycles. The van der Waals surface area contributed by atoms with Crippen LogP contribution in [0.3, 0.4) is 0 Å². The molecule has 0 aliphatic heterocycles. The number of halogens is 1. The smallest absolute Gasteiger partial charge is 0.497 e. The monoisotopic (exact) mass is 591 g/mol. The molecule has 0 saturated carbocycles. The van der Waals surface area contributed by atoms with Gasteiger partial charge < -0.3 is 14.2 Å². The Balaban J connectivity index is 1.49. The number of carbonyl (C=O) groups excluding carboxylic acids is 3. The van der Waals surface area contributed by atoms with Gasteiger partial charge in [-0.2, -0.15) is 0 Å². The fourth-order valence-electron chi connectivity index (χ4n) is 4.52. The number of fused-ring (bicyclic) bond motifs is 1. The number of aromatic nitrogens is 1. The maximum atomic E-state index is 13.5. The molecule has 0 aliphatic rings. The van der Waals surface area contributed by atoms with Gasteiger partial charge in [0, 0.05) is 42.6 Å². The van der Waals surface area contributed by atoms with Crippen LogP contribution in [-0.4, -0.2) is 44.2 Å². The molecular weight excluding hydrogens is 558 g/mol. The summed E-state index contributed by atoms with van der Waals surface area (Å²) in [7, 11) is 0.272. The zero-order valence-corrected chi connectivity index (χ0v) is 25.7. The van der Waals surface area contributed by atoms with E-state index in [-0.39, 0.29) is 24.5 Å². The lowest BCUT2D eigenvalue weighted by atomic mass is 10.0. The molecular formula is C32H34ClNO6Si. The van der Waals surface area contributed by atoms with E-state index in [1.165, 1.54) is 0 Å². The molecule has 4 aromatic rings. The van der Waals surface area contributed by atoms with Crippen LogP contribution in [0.15, 0.2) is 66.7 Å². The highest BCUT2D eigenvalue weighted by Gasteiger charge is 2.22. The highest BCUT2D eigenvalue weighted by Crippen LogP contribution is 2.31. The molecule has 3 aromatic carbocycles. The molecule has 0 amide bonds. The van der Waals surface area contributed by atoms with Crippen molar-refractivity contribution in [3.8, 4) is 11.5 Å². The Morgan fingerprint density at radius 1 is 0.878 bits per heavy atom. The summed E-state index contributed by atoms with van der Waals surface area (Å²) in [6.45, 7) is 8.81. The Hall–Kier alpha value is -3.88. The van der Waals surface area contributed by atoms with E-state index < -0.39 is 14.2 Å². The van der Waals surface area contributed by atoms with Crippen molar-refractivity contribution in [2.75, 3.05) is 13.7 Å².